The van der Waals surface area contributed by atoms with Gasteiger partial charge in [-0.25, -0.2) is 0 Å². The molecular weight excluding hydrogens is 526 g/mol. The topological polar surface area (TPSA) is 64.1 Å². The van der Waals surface area contributed by atoms with Gasteiger partial charge in [-0.3, -0.25) is 4.99 Å². The van der Waals surface area contributed by atoms with Crippen molar-refractivity contribution in [3.8, 4) is 17.2 Å². The van der Waals surface area contributed by atoms with Crippen LogP contribution in [0.2, 0.25) is 0 Å². The number of benzene rings is 2. The minimum atomic E-state index is -4.72. The van der Waals surface area contributed by atoms with Crippen LogP contribution in [0.3, 0.4) is 0 Å². The zero-order valence-electron chi connectivity index (χ0n) is 17.3. The average Bonchev–Trinajstić information content (AvgIpc) is 3.49. The summed E-state index contributed by atoms with van der Waals surface area (Å²) in [5.41, 5.74) is 1.44. The number of hydrogen-bond acceptors (Lipinski definition) is 4. The van der Waals surface area contributed by atoms with Crippen LogP contribution in [0, 0.1) is 0 Å². The highest BCUT2D eigenvalue weighted by molar-refractivity contribution is 14.0. The maximum atomic E-state index is 12.7. The van der Waals surface area contributed by atoms with Gasteiger partial charge in [-0.2, -0.15) is 0 Å². The van der Waals surface area contributed by atoms with Crippen LogP contribution in [0.25, 0.3) is 0 Å². The van der Waals surface area contributed by atoms with E-state index in [2.05, 4.69) is 20.4 Å². The van der Waals surface area contributed by atoms with E-state index in [1.807, 2.05) is 12.1 Å². The van der Waals surface area contributed by atoms with Gasteiger partial charge in [0.05, 0.1) is 14.2 Å². The smallest absolute Gasteiger partial charge is 0.497 e. The van der Waals surface area contributed by atoms with Gasteiger partial charge in [-0.05, 0) is 30.2 Å². The predicted molar refractivity (Wildman–Crippen MR) is 123 cm³/mol. The van der Waals surface area contributed by atoms with Gasteiger partial charge < -0.3 is 24.8 Å². The number of rotatable bonds is 7. The van der Waals surface area contributed by atoms with Crippen LogP contribution in [0.4, 0.5) is 13.2 Å². The summed E-state index contributed by atoms with van der Waals surface area (Å²) in [4.78, 5) is 4.20. The largest absolute Gasteiger partial charge is 0.573 e. The zero-order valence-corrected chi connectivity index (χ0v) is 19.7. The van der Waals surface area contributed by atoms with E-state index in [1.54, 1.807) is 39.5 Å². The maximum absolute atomic E-state index is 12.7. The van der Waals surface area contributed by atoms with Crippen LogP contribution in [0.1, 0.15) is 23.5 Å². The summed E-state index contributed by atoms with van der Waals surface area (Å²) in [6.07, 6.45) is -4.03. The zero-order chi connectivity index (χ0) is 21.7. The summed E-state index contributed by atoms with van der Waals surface area (Å²) in [6.45, 7) is 0.456. The average molecular weight is 551 g/mol. The number of alkyl halides is 3. The van der Waals surface area contributed by atoms with Crippen LogP contribution >= 0.6 is 24.0 Å². The quantitative estimate of drug-likeness (QED) is 0.303. The Morgan fingerprint density at radius 1 is 1.10 bits per heavy atom. The van der Waals surface area contributed by atoms with Gasteiger partial charge in [0.15, 0.2) is 5.96 Å². The van der Waals surface area contributed by atoms with E-state index in [1.165, 1.54) is 12.1 Å². The lowest BCUT2D eigenvalue weighted by atomic mass is 10.1. The molecule has 2 atom stereocenters. The van der Waals surface area contributed by atoms with Gasteiger partial charge >= 0.3 is 6.36 Å². The molecule has 3 rings (SSSR count). The number of nitrogens with one attached hydrogen (secondary N) is 2. The monoisotopic (exact) mass is 551 g/mol. The molecule has 2 unspecified atom stereocenters. The third-order valence-corrected chi connectivity index (χ3v) is 4.82. The summed E-state index contributed by atoms with van der Waals surface area (Å²) in [5, 5.41) is 6.45. The third-order valence-electron chi connectivity index (χ3n) is 4.82. The molecule has 2 aromatic rings. The fraction of sp³-hybridized carbons (Fsp3) is 0.381. The maximum Gasteiger partial charge on any atom is 0.573 e. The molecule has 170 valence electrons. The van der Waals surface area contributed by atoms with E-state index in [-0.39, 0.29) is 41.7 Å². The molecule has 1 saturated carbocycles. The standard InChI is InChI=1S/C21H24F3N3O3.HI/c1-25-20(26-12-13-8-9-14(28-2)10-19(13)29-3)27-17-11-16(17)15-6-4-5-7-18(15)30-21(22,23)24;/h4-10,16-17H,11-12H2,1-3H3,(H2,25,26,27);1H. The van der Waals surface area contributed by atoms with Crippen molar-refractivity contribution in [2.24, 2.45) is 4.99 Å². The molecule has 0 saturated heterocycles. The van der Waals surface area contributed by atoms with E-state index in [0.29, 0.717) is 36.0 Å². The van der Waals surface area contributed by atoms with Gasteiger partial charge in [-0.15, -0.1) is 37.1 Å². The second kappa shape index (κ2) is 10.8. The SMILES string of the molecule is CN=C(NCc1ccc(OC)cc1OC)NC1CC1c1ccccc1OC(F)(F)F.I. The first-order valence-corrected chi connectivity index (χ1v) is 9.37. The molecule has 0 amide bonds. The molecule has 2 aromatic carbocycles. The molecule has 0 heterocycles. The first-order valence-electron chi connectivity index (χ1n) is 9.37. The number of guanidine groups is 1. The minimum Gasteiger partial charge on any atom is -0.497 e. The highest BCUT2D eigenvalue weighted by Gasteiger charge is 2.42. The van der Waals surface area contributed by atoms with Crippen molar-refractivity contribution in [3.63, 3.8) is 0 Å². The lowest BCUT2D eigenvalue weighted by Crippen LogP contribution is -2.38. The van der Waals surface area contributed by atoms with E-state index in [0.717, 1.165) is 5.56 Å². The predicted octanol–water partition coefficient (Wildman–Crippen LogP) is 4.44. The van der Waals surface area contributed by atoms with Crippen molar-refractivity contribution < 1.29 is 27.4 Å². The molecule has 31 heavy (non-hydrogen) atoms. The molecule has 2 N–H and O–H groups in total. The Kier molecular flexibility index (Phi) is 8.66. The number of halogens is 4. The number of nitrogens with zero attached hydrogens (tertiary/aromatic N) is 1. The Bertz CT molecular complexity index is 909. The molecular formula is C21H25F3IN3O3. The second-order valence-corrected chi connectivity index (χ2v) is 6.78. The van der Waals surface area contributed by atoms with Crippen molar-refractivity contribution in [2.75, 3.05) is 21.3 Å². The summed E-state index contributed by atoms with van der Waals surface area (Å²) in [5.74, 6) is 1.68. The van der Waals surface area contributed by atoms with Gasteiger partial charge in [0, 0.05) is 37.2 Å². The van der Waals surface area contributed by atoms with Crippen LogP contribution in [0.15, 0.2) is 47.5 Å². The first-order chi connectivity index (χ1) is 14.3. The molecule has 0 spiro atoms. The van der Waals surface area contributed by atoms with Crippen LogP contribution in [-0.2, 0) is 6.54 Å². The Morgan fingerprint density at radius 2 is 1.84 bits per heavy atom. The van der Waals surface area contributed by atoms with Crippen molar-refractivity contribution in [3.05, 3.63) is 53.6 Å². The number of ether oxygens (including phenoxy) is 3. The van der Waals surface area contributed by atoms with Gasteiger partial charge in [0.1, 0.15) is 17.2 Å². The van der Waals surface area contributed by atoms with E-state index in [4.69, 9.17) is 9.47 Å². The highest BCUT2D eigenvalue weighted by atomic mass is 127. The highest BCUT2D eigenvalue weighted by Crippen LogP contribution is 2.45. The lowest BCUT2D eigenvalue weighted by Gasteiger charge is -2.15. The van der Waals surface area contributed by atoms with Gasteiger partial charge in [0.25, 0.3) is 0 Å². The van der Waals surface area contributed by atoms with E-state index < -0.39 is 6.36 Å². The molecule has 0 bridgehead atoms. The van der Waals surface area contributed by atoms with Crippen LogP contribution in [0.5, 0.6) is 17.2 Å². The summed E-state index contributed by atoms with van der Waals surface area (Å²) < 4.78 is 52.7. The number of para-hydroxylation sites is 1. The van der Waals surface area contributed by atoms with Gasteiger partial charge in [-0.1, -0.05) is 18.2 Å². The number of aliphatic imine (C=N–C) groups is 1. The summed E-state index contributed by atoms with van der Waals surface area (Å²) >= 11 is 0. The van der Waals surface area contributed by atoms with Crippen molar-refractivity contribution in [1.29, 1.82) is 0 Å². The summed E-state index contributed by atoms with van der Waals surface area (Å²) in [7, 11) is 4.81. The number of hydrogen-bond donors (Lipinski definition) is 2. The molecule has 6 nitrogen and oxygen atoms in total. The Balaban J connectivity index is 0.00000341. The Hall–Kier alpha value is -2.37. The Labute approximate surface area is 196 Å². The molecule has 0 aliphatic heterocycles. The van der Waals surface area contributed by atoms with Crippen LogP contribution < -0.4 is 24.8 Å². The van der Waals surface area contributed by atoms with E-state index in [9.17, 15) is 13.2 Å². The molecule has 1 fully saturated rings. The fourth-order valence-electron chi connectivity index (χ4n) is 3.25. The molecule has 10 heteroatoms. The van der Waals surface area contributed by atoms with Crippen molar-refractivity contribution in [1.82, 2.24) is 10.6 Å². The molecule has 0 aromatic heterocycles. The minimum absolute atomic E-state index is 0. The van der Waals surface area contributed by atoms with E-state index >= 15 is 0 Å². The number of methoxy groups -OCH3 is 2. The normalized spacial score (nSPS) is 17.9. The fourth-order valence-corrected chi connectivity index (χ4v) is 3.25. The first kappa shape index (κ1) is 24.9. The third kappa shape index (κ3) is 6.81. The van der Waals surface area contributed by atoms with Crippen molar-refractivity contribution in [2.45, 2.75) is 31.3 Å². The van der Waals surface area contributed by atoms with Gasteiger partial charge in [0.2, 0.25) is 0 Å². The second-order valence-electron chi connectivity index (χ2n) is 6.78. The Morgan fingerprint density at radius 3 is 2.48 bits per heavy atom. The molecule has 1 aliphatic rings. The molecule has 1 aliphatic carbocycles. The summed E-state index contributed by atoms with van der Waals surface area (Å²) in [6, 6.07) is 11.7. The molecule has 0 radical (unpaired) electrons. The lowest BCUT2D eigenvalue weighted by molar-refractivity contribution is -0.274. The van der Waals surface area contributed by atoms with Crippen LogP contribution in [-0.4, -0.2) is 39.6 Å². The van der Waals surface area contributed by atoms with Crippen molar-refractivity contribution >= 4 is 29.9 Å².